The third-order valence-corrected chi connectivity index (χ3v) is 1.15. The second-order valence-electron chi connectivity index (χ2n) is 3.01. The molecule has 0 aromatic carbocycles. The van der Waals surface area contributed by atoms with Crippen molar-refractivity contribution >= 4 is 6.16 Å². The highest BCUT2D eigenvalue weighted by Crippen LogP contribution is 1.98. The summed E-state index contributed by atoms with van der Waals surface area (Å²) in [6.07, 6.45) is 0.622. The molecule has 1 atom stereocenters. The van der Waals surface area contributed by atoms with E-state index >= 15 is 0 Å². The molecule has 0 spiro atoms. The van der Waals surface area contributed by atoms with Crippen LogP contribution in [0.5, 0.6) is 0 Å². The van der Waals surface area contributed by atoms with Crippen LogP contribution in [0.25, 0.3) is 0 Å². The molecule has 0 heterocycles. The van der Waals surface area contributed by atoms with E-state index in [1.165, 1.54) is 6.08 Å². The van der Waals surface area contributed by atoms with Crippen molar-refractivity contribution < 1.29 is 14.3 Å². The van der Waals surface area contributed by atoms with Gasteiger partial charge in [0.15, 0.2) is 0 Å². The highest BCUT2D eigenvalue weighted by atomic mass is 16.7. The van der Waals surface area contributed by atoms with E-state index in [4.69, 9.17) is 9.47 Å². The van der Waals surface area contributed by atoms with Crippen molar-refractivity contribution in [3.63, 3.8) is 0 Å². The van der Waals surface area contributed by atoms with Crippen LogP contribution in [0.4, 0.5) is 4.79 Å². The molecule has 3 nitrogen and oxygen atoms in total. The highest BCUT2D eigenvalue weighted by molar-refractivity contribution is 5.60. The van der Waals surface area contributed by atoms with Crippen LogP contribution in [-0.4, -0.2) is 18.9 Å². The van der Waals surface area contributed by atoms with Gasteiger partial charge in [0.2, 0.25) is 0 Å². The van der Waals surface area contributed by atoms with Gasteiger partial charge in [-0.25, -0.2) is 4.79 Å². The van der Waals surface area contributed by atoms with Crippen molar-refractivity contribution in [3.8, 4) is 0 Å². The van der Waals surface area contributed by atoms with Crippen LogP contribution >= 0.6 is 0 Å². The molecule has 0 aromatic heterocycles. The Morgan fingerprint density at radius 2 is 2.08 bits per heavy atom. The minimum absolute atomic E-state index is 0.287. The topological polar surface area (TPSA) is 35.5 Å². The van der Waals surface area contributed by atoms with E-state index in [1.807, 2.05) is 13.8 Å². The van der Waals surface area contributed by atoms with Crippen LogP contribution in [0.2, 0.25) is 0 Å². The molecule has 0 N–H and O–H groups in total. The van der Waals surface area contributed by atoms with Crippen LogP contribution in [0, 0.1) is 5.92 Å². The van der Waals surface area contributed by atoms with Crippen molar-refractivity contribution in [1.29, 1.82) is 0 Å². The van der Waals surface area contributed by atoms with Crippen LogP contribution < -0.4 is 0 Å². The molecule has 0 saturated heterocycles. The average molecular weight is 172 g/mol. The van der Waals surface area contributed by atoms with E-state index in [2.05, 4.69) is 6.58 Å². The molecule has 3 heteroatoms. The van der Waals surface area contributed by atoms with E-state index in [0.29, 0.717) is 12.5 Å². The first-order valence-electron chi connectivity index (χ1n) is 4.02. The Labute approximate surface area is 73.4 Å². The fourth-order valence-corrected chi connectivity index (χ4v) is 0.469. The third kappa shape index (κ3) is 5.77. The molecule has 0 amide bonds. The zero-order chi connectivity index (χ0) is 9.56. The maximum absolute atomic E-state index is 10.8. The summed E-state index contributed by atoms with van der Waals surface area (Å²) >= 11 is 0. The molecule has 0 aliphatic rings. The van der Waals surface area contributed by atoms with Crippen LogP contribution in [-0.2, 0) is 9.47 Å². The molecule has 0 radical (unpaired) electrons. The van der Waals surface area contributed by atoms with Gasteiger partial charge in [-0.05, 0) is 12.8 Å². The second kappa shape index (κ2) is 5.63. The number of ether oxygens (including phenoxy) is 2. The Balaban J connectivity index is 3.53. The van der Waals surface area contributed by atoms with E-state index < -0.39 is 6.16 Å². The van der Waals surface area contributed by atoms with E-state index in [9.17, 15) is 4.79 Å². The minimum Gasteiger partial charge on any atom is -0.434 e. The van der Waals surface area contributed by atoms with Gasteiger partial charge in [0.05, 0.1) is 6.61 Å². The number of rotatable bonds is 4. The predicted molar refractivity (Wildman–Crippen MR) is 46.9 cm³/mol. The largest absolute Gasteiger partial charge is 0.508 e. The quantitative estimate of drug-likeness (QED) is 0.482. The zero-order valence-electron chi connectivity index (χ0n) is 7.87. The molecule has 0 saturated carbocycles. The molecule has 12 heavy (non-hydrogen) atoms. The smallest absolute Gasteiger partial charge is 0.434 e. The SMILES string of the molecule is C=CC(C)OC(=O)OCC(C)C. The van der Waals surface area contributed by atoms with Crippen LogP contribution in [0.3, 0.4) is 0 Å². The normalized spacial score (nSPS) is 12.3. The first-order valence-corrected chi connectivity index (χ1v) is 4.02. The highest BCUT2D eigenvalue weighted by Gasteiger charge is 2.07. The average Bonchev–Trinajstić information content (AvgIpc) is 2.00. The lowest BCUT2D eigenvalue weighted by Crippen LogP contribution is -2.16. The molecule has 0 aromatic rings. The monoisotopic (exact) mass is 172 g/mol. The number of hydrogen-bond acceptors (Lipinski definition) is 3. The minimum atomic E-state index is -0.629. The third-order valence-electron chi connectivity index (χ3n) is 1.15. The first-order chi connectivity index (χ1) is 5.56. The fraction of sp³-hybridized carbons (Fsp3) is 0.667. The summed E-state index contributed by atoms with van der Waals surface area (Å²) in [5.41, 5.74) is 0. The summed E-state index contributed by atoms with van der Waals surface area (Å²) in [6.45, 7) is 9.52. The Kier molecular flexibility index (Phi) is 5.17. The van der Waals surface area contributed by atoms with Crippen molar-refractivity contribution in [2.75, 3.05) is 6.61 Å². The van der Waals surface area contributed by atoms with Gasteiger partial charge in [-0.3, -0.25) is 0 Å². The van der Waals surface area contributed by atoms with Crippen molar-refractivity contribution in [3.05, 3.63) is 12.7 Å². The number of carbonyl (C=O) groups is 1. The molecule has 0 fully saturated rings. The van der Waals surface area contributed by atoms with Gasteiger partial charge < -0.3 is 9.47 Å². The molecule has 0 aliphatic heterocycles. The number of hydrogen-bond donors (Lipinski definition) is 0. The standard InChI is InChI=1S/C9H16O3/c1-5-8(4)12-9(10)11-6-7(2)3/h5,7-8H,1,6H2,2-4H3. The van der Waals surface area contributed by atoms with Gasteiger partial charge in [0, 0.05) is 0 Å². The molecule has 1 unspecified atom stereocenters. The molecule has 0 rings (SSSR count). The van der Waals surface area contributed by atoms with Crippen LogP contribution in [0.15, 0.2) is 12.7 Å². The maximum atomic E-state index is 10.8. The van der Waals surface area contributed by atoms with Gasteiger partial charge >= 0.3 is 6.16 Å². The first kappa shape index (κ1) is 11.0. The molecular weight excluding hydrogens is 156 g/mol. The maximum Gasteiger partial charge on any atom is 0.508 e. The molecule has 0 aliphatic carbocycles. The number of carbonyl (C=O) groups excluding carboxylic acids is 1. The summed E-state index contributed by atoms with van der Waals surface area (Å²) in [5.74, 6) is 0.330. The van der Waals surface area contributed by atoms with E-state index in [0.717, 1.165) is 0 Å². The Morgan fingerprint density at radius 3 is 2.50 bits per heavy atom. The van der Waals surface area contributed by atoms with Gasteiger partial charge in [-0.2, -0.15) is 0 Å². The van der Waals surface area contributed by atoms with Crippen molar-refractivity contribution in [1.82, 2.24) is 0 Å². The van der Waals surface area contributed by atoms with Crippen molar-refractivity contribution in [2.45, 2.75) is 26.9 Å². The molecule has 70 valence electrons. The summed E-state index contributed by atoms with van der Waals surface area (Å²) in [4.78, 5) is 10.8. The van der Waals surface area contributed by atoms with Gasteiger partial charge in [-0.1, -0.05) is 26.5 Å². The summed E-state index contributed by atoms with van der Waals surface area (Å²) in [6, 6.07) is 0. The van der Waals surface area contributed by atoms with Gasteiger partial charge in [0.1, 0.15) is 6.10 Å². The lowest BCUT2D eigenvalue weighted by atomic mass is 10.2. The lowest BCUT2D eigenvalue weighted by molar-refractivity contribution is 0.0351. The Morgan fingerprint density at radius 1 is 1.50 bits per heavy atom. The lowest BCUT2D eigenvalue weighted by Gasteiger charge is -2.10. The van der Waals surface area contributed by atoms with Crippen molar-refractivity contribution in [2.24, 2.45) is 5.92 Å². The summed E-state index contributed by atoms with van der Waals surface area (Å²) < 4.78 is 9.54. The van der Waals surface area contributed by atoms with Gasteiger partial charge in [0.25, 0.3) is 0 Å². The summed E-state index contributed by atoms with van der Waals surface area (Å²) in [5, 5.41) is 0. The molecular formula is C9H16O3. The van der Waals surface area contributed by atoms with Gasteiger partial charge in [-0.15, -0.1) is 0 Å². The summed E-state index contributed by atoms with van der Waals surface area (Å²) in [7, 11) is 0. The Hall–Kier alpha value is -0.990. The predicted octanol–water partition coefficient (Wildman–Crippen LogP) is 2.37. The molecule has 0 bridgehead atoms. The second-order valence-corrected chi connectivity index (χ2v) is 3.01. The van der Waals surface area contributed by atoms with Crippen LogP contribution in [0.1, 0.15) is 20.8 Å². The fourth-order valence-electron chi connectivity index (χ4n) is 0.469. The Bertz CT molecular complexity index is 152. The van der Waals surface area contributed by atoms with E-state index in [1.54, 1.807) is 6.92 Å². The van der Waals surface area contributed by atoms with E-state index in [-0.39, 0.29) is 6.10 Å². The zero-order valence-corrected chi connectivity index (χ0v) is 7.87.